The molecular formula is C31H34FN7O3. The van der Waals surface area contributed by atoms with Crippen LogP contribution in [0.2, 0.25) is 0 Å². The number of ether oxygens (including phenoxy) is 1. The maximum absolute atomic E-state index is 15.3. The number of hydrogen-bond donors (Lipinski definition) is 3. The molecule has 2 aliphatic rings. The average molecular weight is 572 g/mol. The van der Waals surface area contributed by atoms with Gasteiger partial charge < -0.3 is 29.9 Å². The van der Waals surface area contributed by atoms with Crippen molar-refractivity contribution in [2.45, 2.75) is 38.2 Å². The van der Waals surface area contributed by atoms with Crippen LogP contribution < -0.4 is 15.0 Å². The molecule has 2 aliphatic heterocycles. The van der Waals surface area contributed by atoms with Crippen molar-refractivity contribution in [2.75, 3.05) is 36.4 Å². The molecule has 3 aromatic heterocycles. The number of rotatable bonds is 8. The monoisotopic (exact) mass is 571 g/mol. The first kappa shape index (κ1) is 27.6. The zero-order valence-electron chi connectivity index (χ0n) is 23.7. The third kappa shape index (κ3) is 5.27. The summed E-state index contributed by atoms with van der Waals surface area (Å²) in [6, 6.07) is 8.13. The van der Waals surface area contributed by atoms with Gasteiger partial charge in [-0.15, -0.1) is 0 Å². The number of aromatic amines is 1. The van der Waals surface area contributed by atoms with E-state index in [0.29, 0.717) is 55.0 Å². The van der Waals surface area contributed by atoms with E-state index >= 15 is 4.39 Å². The Hall–Kier alpha value is -4.51. The van der Waals surface area contributed by atoms with E-state index in [9.17, 15) is 9.90 Å². The molecule has 5 heterocycles. The Kier molecular flexibility index (Phi) is 7.28. The van der Waals surface area contributed by atoms with Gasteiger partial charge in [0, 0.05) is 37.6 Å². The largest absolute Gasteiger partial charge is 0.457 e. The molecule has 10 nitrogen and oxygen atoms in total. The second-order valence-electron chi connectivity index (χ2n) is 11.3. The first-order valence-corrected chi connectivity index (χ1v) is 14.1. The lowest BCUT2D eigenvalue weighted by atomic mass is 9.83. The van der Waals surface area contributed by atoms with Crippen LogP contribution in [-0.4, -0.2) is 67.6 Å². The Bertz CT molecular complexity index is 1620. The normalized spacial score (nSPS) is 16.9. The van der Waals surface area contributed by atoms with Crippen LogP contribution in [0, 0.1) is 11.7 Å². The molecule has 2 fully saturated rings. The van der Waals surface area contributed by atoms with E-state index in [4.69, 9.17) is 4.74 Å². The van der Waals surface area contributed by atoms with E-state index in [-0.39, 0.29) is 23.4 Å². The highest BCUT2D eigenvalue weighted by molar-refractivity contribution is 5.92. The topological polar surface area (TPSA) is 120 Å². The van der Waals surface area contributed by atoms with Crippen molar-refractivity contribution < 1.29 is 19.0 Å². The van der Waals surface area contributed by atoms with E-state index in [1.807, 2.05) is 24.9 Å². The first-order chi connectivity index (χ1) is 20.2. The molecule has 11 heteroatoms. The number of halogens is 1. The van der Waals surface area contributed by atoms with Gasteiger partial charge in [0.1, 0.15) is 46.5 Å². The van der Waals surface area contributed by atoms with Crippen molar-refractivity contribution >= 4 is 34.3 Å². The number of β-amino-alcohol motifs (C(OH)–C–C–N with tert-alkyl or cyclic N) is 1. The molecule has 0 spiro atoms. The summed E-state index contributed by atoms with van der Waals surface area (Å²) in [6.45, 7) is 9.88. The maximum Gasteiger partial charge on any atom is 0.245 e. The lowest BCUT2D eigenvalue weighted by Gasteiger charge is -2.49. The van der Waals surface area contributed by atoms with E-state index in [2.05, 4.69) is 31.8 Å². The Morgan fingerprint density at radius 1 is 1.19 bits per heavy atom. The fourth-order valence-corrected chi connectivity index (χ4v) is 5.65. The molecule has 0 saturated carbocycles. The van der Waals surface area contributed by atoms with Gasteiger partial charge in [-0.3, -0.25) is 4.79 Å². The first-order valence-electron chi connectivity index (χ1n) is 14.1. The van der Waals surface area contributed by atoms with Gasteiger partial charge in [0.05, 0.1) is 24.2 Å². The standard InChI is InChI=1S/C31H34FN7O3/c1-4-27(40)38-11-8-20(9-12-38)23-15-34-29-28(23)30(36-18-35-29)37-25-6-5-21(13-24(25)32)42-22-7-10-33-26(14-22)39-16-31(41,17-39)19(2)3/h4-7,10,13-15,18-20,41H,1,8-9,11-12,16-17H2,2-3H3,(H2,34,35,36,37). The van der Waals surface area contributed by atoms with Gasteiger partial charge in [-0.25, -0.2) is 19.3 Å². The third-order valence-electron chi connectivity index (χ3n) is 8.40. The van der Waals surface area contributed by atoms with Crippen LogP contribution in [0.25, 0.3) is 11.0 Å². The number of anilines is 3. The minimum absolute atomic E-state index is 0.0547. The highest BCUT2D eigenvalue weighted by atomic mass is 19.1. The molecule has 3 N–H and O–H groups in total. The van der Waals surface area contributed by atoms with Crippen LogP contribution in [0.1, 0.15) is 38.2 Å². The van der Waals surface area contributed by atoms with Crippen molar-refractivity contribution in [2.24, 2.45) is 5.92 Å². The van der Waals surface area contributed by atoms with Gasteiger partial charge in [0.2, 0.25) is 5.91 Å². The average Bonchev–Trinajstić information content (AvgIpc) is 3.42. The predicted octanol–water partition coefficient (Wildman–Crippen LogP) is 5.13. The SMILES string of the molecule is C=CC(=O)N1CCC(c2c[nH]c3ncnc(Nc4ccc(Oc5ccnc(N6CC(O)(C(C)C)C6)c5)cc4F)c23)CC1. The summed E-state index contributed by atoms with van der Waals surface area (Å²) in [6.07, 6.45) is 7.96. The number of likely N-dealkylation sites (tertiary alicyclic amines) is 1. The number of fused-ring (bicyclic) bond motifs is 1. The number of pyridine rings is 1. The fourth-order valence-electron chi connectivity index (χ4n) is 5.65. The molecule has 1 amide bonds. The van der Waals surface area contributed by atoms with Gasteiger partial charge in [0.25, 0.3) is 0 Å². The van der Waals surface area contributed by atoms with Crippen molar-refractivity contribution in [3.63, 3.8) is 0 Å². The Morgan fingerprint density at radius 3 is 2.67 bits per heavy atom. The minimum Gasteiger partial charge on any atom is -0.457 e. The molecule has 42 heavy (non-hydrogen) atoms. The zero-order chi connectivity index (χ0) is 29.4. The van der Waals surface area contributed by atoms with Crippen LogP contribution >= 0.6 is 0 Å². The van der Waals surface area contributed by atoms with Crippen LogP contribution in [-0.2, 0) is 4.79 Å². The van der Waals surface area contributed by atoms with Crippen molar-refractivity contribution in [3.8, 4) is 11.5 Å². The minimum atomic E-state index is -0.718. The second kappa shape index (κ2) is 11.1. The van der Waals surface area contributed by atoms with Gasteiger partial charge in [-0.1, -0.05) is 20.4 Å². The summed E-state index contributed by atoms with van der Waals surface area (Å²) < 4.78 is 21.3. The van der Waals surface area contributed by atoms with Gasteiger partial charge in [-0.2, -0.15) is 0 Å². The molecule has 4 aromatic rings. The van der Waals surface area contributed by atoms with Crippen LogP contribution in [0.15, 0.2) is 61.7 Å². The molecule has 218 valence electrons. The zero-order valence-corrected chi connectivity index (χ0v) is 23.7. The van der Waals surface area contributed by atoms with Crippen molar-refractivity contribution in [1.82, 2.24) is 24.8 Å². The second-order valence-corrected chi connectivity index (χ2v) is 11.3. The quantitative estimate of drug-likeness (QED) is 0.249. The van der Waals surface area contributed by atoms with Crippen molar-refractivity contribution in [3.05, 3.63) is 73.1 Å². The number of amides is 1. The molecular weight excluding hydrogens is 537 g/mol. The number of carbonyl (C=O) groups is 1. The summed E-state index contributed by atoms with van der Waals surface area (Å²) >= 11 is 0. The van der Waals surface area contributed by atoms with Gasteiger partial charge in [-0.05, 0) is 54.5 Å². The Balaban J connectivity index is 1.16. The van der Waals surface area contributed by atoms with Crippen molar-refractivity contribution in [1.29, 1.82) is 0 Å². The third-order valence-corrected chi connectivity index (χ3v) is 8.40. The summed E-state index contributed by atoms with van der Waals surface area (Å²) in [5.74, 6) is 1.88. The van der Waals surface area contributed by atoms with Crippen LogP contribution in [0.3, 0.4) is 0 Å². The summed E-state index contributed by atoms with van der Waals surface area (Å²) in [4.78, 5) is 32.2. The van der Waals surface area contributed by atoms with E-state index in [1.54, 1.807) is 35.4 Å². The fraction of sp³-hybridized carbons (Fsp3) is 0.355. The summed E-state index contributed by atoms with van der Waals surface area (Å²) in [5, 5.41) is 14.5. The number of piperidine rings is 1. The van der Waals surface area contributed by atoms with Crippen LogP contribution in [0.4, 0.5) is 21.7 Å². The molecule has 0 aliphatic carbocycles. The predicted molar refractivity (Wildman–Crippen MR) is 159 cm³/mol. The smallest absolute Gasteiger partial charge is 0.245 e. The molecule has 0 atom stereocenters. The van der Waals surface area contributed by atoms with Gasteiger partial charge >= 0.3 is 0 Å². The summed E-state index contributed by atoms with van der Waals surface area (Å²) in [7, 11) is 0. The maximum atomic E-state index is 15.3. The molecule has 6 rings (SSSR count). The van der Waals surface area contributed by atoms with E-state index in [0.717, 1.165) is 23.8 Å². The Labute approximate surface area is 243 Å². The highest BCUT2D eigenvalue weighted by Gasteiger charge is 2.44. The van der Waals surface area contributed by atoms with E-state index < -0.39 is 11.4 Å². The number of aromatic nitrogens is 4. The number of aliphatic hydroxyl groups is 1. The number of hydrogen-bond acceptors (Lipinski definition) is 8. The number of H-pyrrole nitrogens is 1. The number of nitrogens with one attached hydrogen (secondary N) is 2. The van der Waals surface area contributed by atoms with Gasteiger partial charge in [0.15, 0.2) is 0 Å². The number of carbonyl (C=O) groups excluding carboxylic acids is 1. The molecule has 1 aromatic carbocycles. The van der Waals surface area contributed by atoms with E-state index in [1.165, 1.54) is 18.5 Å². The lowest BCUT2D eigenvalue weighted by Crippen LogP contribution is -2.65. The van der Waals surface area contributed by atoms with Crippen LogP contribution in [0.5, 0.6) is 11.5 Å². The molecule has 0 bridgehead atoms. The summed E-state index contributed by atoms with van der Waals surface area (Å²) in [5.41, 5.74) is 1.24. The number of benzene rings is 1. The molecule has 0 radical (unpaired) electrons. The molecule has 2 saturated heterocycles. The molecule has 0 unspecified atom stereocenters. The Morgan fingerprint density at radius 2 is 1.95 bits per heavy atom. The lowest BCUT2D eigenvalue weighted by molar-refractivity contribution is -0.127. The number of nitrogens with zero attached hydrogens (tertiary/aromatic N) is 5. The highest BCUT2D eigenvalue weighted by Crippen LogP contribution is 2.37.